The van der Waals surface area contributed by atoms with Crippen LogP contribution < -0.4 is 0 Å². The molecule has 6 heteroatoms. The highest BCUT2D eigenvalue weighted by molar-refractivity contribution is 6.53. The molecule has 0 bridgehead atoms. The number of terminal acetylenes is 1. The first-order chi connectivity index (χ1) is 9.17. The van der Waals surface area contributed by atoms with E-state index in [9.17, 15) is 4.79 Å². The van der Waals surface area contributed by atoms with E-state index in [1.165, 1.54) is 4.90 Å². The quantitative estimate of drug-likeness (QED) is 0.590. The lowest BCUT2D eigenvalue weighted by Crippen LogP contribution is -2.54. The van der Waals surface area contributed by atoms with Crippen molar-refractivity contribution in [2.75, 3.05) is 6.54 Å². The largest absolute Gasteiger partial charge is 0.348 e. The third-order valence-electron chi connectivity index (χ3n) is 3.24. The average molecular weight is 322 g/mol. The Morgan fingerprint density at radius 2 is 1.90 bits per heavy atom. The molecule has 0 spiro atoms. The lowest BCUT2D eigenvalue weighted by Gasteiger charge is -2.40. The highest BCUT2D eigenvalue weighted by atomic mass is 35.5. The summed E-state index contributed by atoms with van der Waals surface area (Å²) in [4.78, 5) is 12.4. The molecule has 0 aromatic rings. The van der Waals surface area contributed by atoms with Crippen LogP contribution in [0.2, 0.25) is 0 Å². The maximum atomic E-state index is 12.1. The Morgan fingerprint density at radius 3 is 2.30 bits per heavy atom. The van der Waals surface area contributed by atoms with Gasteiger partial charge in [0.2, 0.25) is 0 Å². The minimum absolute atomic E-state index is 0.0671. The molecule has 1 aliphatic heterocycles. The molecule has 1 fully saturated rings. The number of alkyl halides is 2. The van der Waals surface area contributed by atoms with E-state index in [4.69, 9.17) is 39.1 Å². The maximum Gasteiger partial charge on any atom is 0.257 e. The number of ether oxygens (including phenoxy) is 2. The molecule has 20 heavy (non-hydrogen) atoms. The maximum absolute atomic E-state index is 12.1. The molecule has 114 valence electrons. The number of nitrogens with zero attached hydrogens (tertiary/aromatic N) is 1. The van der Waals surface area contributed by atoms with Crippen LogP contribution in [0.5, 0.6) is 0 Å². The van der Waals surface area contributed by atoms with Crippen LogP contribution in [0.15, 0.2) is 0 Å². The Bertz CT molecular complexity index is 382. The fraction of sp³-hybridized carbons (Fsp3) is 0.786. The summed E-state index contributed by atoms with van der Waals surface area (Å²) in [7, 11) is 0. The smallest absolute Gasteiger partial charge is 0.257 e. The Morgan fingerprint density at radius 1 is 1.40 bits per heavy atom. The molecule has 1 amide bonds. The molecular weight excluding hydrogens is 301 g/mol. The zero-order valence-electron chi connectivity index (χ0n) is 12.2. The van der Waals surface area contributed by atoms with Gasteiger partial charge in [-0.25, -0.2) is 0 Å². The molecule has 0 N–H and O–H groups in total. The number of amides is 1. The lowest BCUT2D eigenvalue weighted by atomic mass is 10.0. The SMILES string of the molecule is C#CC(C)(C)N(CC1OC(C)CC(C)O1)C(=O)C(Cl)Cl. The molecule has 0 radical (unpaired) electrons. The monoisotopic (exact) mass is 321 g/mol. The van der Waals surface area contributed by atoms with Gasteiger partial charge in [0.25, 0.3) is 5.91 Å². The van der Waals surface area contributed by atoms with Crippen LogP contribution in [0.25, 0.3) is 0 Å². The Balaban J connectivity index is 2.85. The highest BCUT2D eigenvalue weighted by Gasteiger charge is 2.36. The predicted molar refractivity (Wildman–Crippen MR) is 79.6 cm³/mol. The minimum atomic E-state index is -1.17. The third kappa shape index (κ3) is 4.53. The van der Waals surface area contributed by atoms with Gasteiger partial charge in [-0.05, 0) is 34.1 Å². The van der Waals surface area contributed by atoms with Gasteiger partial charge < -0.3 is 14.4 Å². The second kappa shape index (κ2) is 7.00. The van der Waals surface area contributed by atoms with Gasteiger partial charge in [0.15, 0.2) is 11.1 Å². The zero-order valence-corrected chi connectivity index (χ0v) is 13.7. The van der Waals surface area contributed by atoms with Crippen molar-refractivity contribution in [2.45, 2.75) is 63.0 Å². The van der Waals surface area contributed by atoms with E-state index in [0.717, 1.165) is 6.42 Å². The van der Waals surface area contributed by atoms with Crippen LogP contribution in [0.1, 0.15) is 34.1 Å². The van der Waals surface area contributed by atoms with Crippen molar-refractivity contribution in [3.63, 3.8) is 0 Å². The van der Waals surface area contributed by atoms with E-state index in [0.29, 0.717) is 0 Å². The Labute approximate surface area is 130 Å². The molecule has 1 heterocycles. The van der Waals surface area contributed by atoms with Crippen LogP contribution in [0.4, 0.5) is 0 Å². The highest BCUT2D eigenvalue weighted by Crippen LogP contribution is 2.23. The van der Waals surface area contributed by atoms with Gasteiger partial charge in [-0.2, -0.15) is 0 Å². The Kier molecular flexibility index (Phi) is 6.15. The standard InChI is InChI=1S/C14H21Cl2NO3/c1-6-14(4,5)17(13(18)12(15)16)8-11-19-9(2)7-10(3)20-11/h1,9-12H,7-8H2,2-5H3. The summed E-state index contributed by atoms with van der Waals surface area (Å²) in [6, 6.07) is 0. The van der Waals surface area contributed by atoms with Gasteiger partial charge in [-0.15, -0.1) is 6.42 Å². The van der Waals surface area contributed by atoms with E-state index < -0.39 is 22.6 Å². The summed E-state index contributed by atoms with van der Waals surface area (Å²) in [6.45, 7) is 7.63. The van der Waals surface area contributed by atoms with Crippen LogP contribution in [-0.2, 0) is 14.3 Å². The molecular formula is C14H21Cl2NO3. The predicted octanol–water partition coefficient (Wildman–Crippen LogP) is 2.57. The number of rotatable bonds is 4. The molecule has 1 rings (SSSR count). The van der Waals surface area contributed by atoms with Crippen LogP contribution in [-0.4, -0.2) is 46.2 Å². The van der Waals surface area contributed by atoms with Gasteiger partial charge in [-0.1, -0.05) is 29.1 Å². The summed E-state index contributed by atoms with van der Waals surface area (Å²) in [5.74, 6) is 2.12. The van der Waals surface area contributed by atoms with Crippen LogP contribution >= 0.6 is 23.2 Å². The summed E-state index contributed by atoms with van der Waals surface area (Å²) in [6.07, 6.45) is 5.91. The minimum Gasteiger partial charge on any atom is -0.348 e. The summed E-state index contributed by atoms with van der Waals surface area (Å²) < 4.78 is 11.4. The zero-order chi connectivity index (χ0) is 15.5. The normalized spacial score (nSPS) is 27.2. The molecule has 0 aromatic carbocycles. The number of carbonyl (C=O) groups is 1. The molecule has 4 nitrogen and oxygen atoms in total. The van der Waals surface area contributed by atoms with Gasteiger partial charge in [0.1, 0.15) is 0 Å². The van der Waals surface area contributed by atoms with Crippen LogP contribution in [0.3, 0.4) is 0 Å². The first kappa shape index (κ1) is 17.6. The second-order valence-corrected chi connectivity index (χ2v) is 6.61. The molecule has 0 aromatic heterocycles. The van der Waals surface area contributed by atoms with E-state index >= 15 is 0 Å². The van der Waals surface area contributed by atoms with Gasteiger partial charge in [0, 0.05) is 0 Å². The number of carbonyl (C=O) groups excluding carboxylic acids is 1. The van der Waals surface area contributed by atoms with Crippen molar-refractivity contribution >= 4 is 29.1 Å². The molecule has 2 unspecified atom stereocenters. The third-order valence-corrected chi connectivity index (χ3v) is 3.62. The topological polar surface area (TPSA) is 38.8 Å². The molecule has 1 aliphatic rings. The first-order valence-electron chi connectivity index (χ1n) is 6.55. The van der Waals surface area contributed by atoms with Crippen molar-refractivity contribution in [3.8, 4) is 12.3 Å². The van der Waals surface area contributed by atoms with Crippen molar-refractivity contribution in [3.05, 3.63) is 0 Å². The molecule has 1 saturated heterocycles. The number of halogens is 2. The first-order valence-corrected chi connectivity index (χ1v) is 7.43. The van der Waals surface area contributed by atoms with E-state index in [1.807, 2.05) is 13.8 Å². The van der Waals surface area contributed by atoms with E-state index in [2.05, 4.69) is 5.92 Å². The summed E-state index contributed by atoms with van der Waals surface area (Å²) in [5.41, 5.74) is -0.824. The van der Waals surface area contributed by atoms with Crippen molar-refractivity contribution in [1.29, 1.82) is 0 Å². The van der Waals surface area contributed by atoms with E-state index in [1.54, 1.807) is 13.8 Å². The van der Waals surface area contributed by atoms with Crippen LogP contribution in [0, 0.1) is 12.3 Å². The number of hydrogen-bond donors (Lipinski definition) is 0. The Hall–Kier alpha value is -0.470. The average Bonchev–Trinajstić information content (AvgIpc) is 2.33. The van der Waals surface area contributed by atoms with E-state index in [-0.39, 0.29) is 18.8 Å². The fourth-order valence-corrected chi connectivity index (χ4v) is 2.39. The van der Waals surface area contributed by atoms with Crippen molar-refractivity contribution in [2.24, 2.45) is 0 Å². The van der Waals surface area contributed by atoms with Crippen molar-refractivity contribution < 1.29 is 14.3 Å². The summed E-state index contributed by atoms with van der Waals surface area (Å²) in [5, 5.41) is 0. The molecule has 0 saturated carbocycles. The van der Waals surface area contributed by atoms with Gasteiger partial charge >= 0.3 is 0 Å². The lowest BCUT2D eigenvalue weighted by molar-refractivity contribution is -0.241. The van der Waals surface area contributed by atoms with Gasteiger partial charge in [0.05, 0.1) is 24.3 Å². The fourth-order valence-electron chi connectivity index (χ4n) is 2.15. The second-order valence-electron chi connectivity index (χ2n) is 5.51. The molecule has 2 atom stereocenters. The number of hydrogen-bond acceptors (Lipinski definition) is 3. The van der Waals surface area contributed by atoms with Gasteiger partial charge in [-0.3, -0.25) is 4.79 Å². The summed E-state index contributed by atoms with van der Waals surface area (Å²) >= 11 is 11.4. The van der Waals surface area contributed by atoms with Crippen molar-refractivity contribution in [1.82, 2.24) is 4.90 Å². The molecule has 0 aliphatic carbocycles.